The van der Waals surface area contributed by atoms with Crippen LogP contribution in [0.4, 0.5) is 8.78 Å². The Bertz CT molecular complexity index is 382. The molecule has 2 nitrogen and oxygen atoms in total. The van der Waals surface area contributed by atoms with Crippen LogP contribution in [0.25, 0.3) is 0 Å². The molecule has 0 saturated carbocycles. The second-order valence-corrected chi connectivity index (χ2v) is 4.72. The normalized spacial score (nSPS) is 14.8. The molecule has 1 aromatic carbocycles. The molecule has 2 atom stereocenters. The van der Waals surface area contributed by atoms with Crippen molar-refractivity contribution in [1.82, 2.24) is 4.90 Å². The van der Waals surface area contributed by atoms with Gasteiger partial charge in [0, 0.05) is 30.3 Å². The first-order chi connectivity index (χ1) is 8.51. The van der Waals surface area contributed by atoms with Crippen LogP contribution >= 0.6 is 0 Å². The SMILES string of the molecule is CCCC(C)N(C)C(CN)c1ccc(F)cc1F. The largest absolute Gasteiger partial charge is 0.329 e. The Morgan fingerprint density at radius 2 is 2.00 bits per heavy atom. The molecular weight excluding hydrogens is 234 g/mol. The van der Waals surface area contributed by atoms with Crippen molar-refractivity contribution in [3.05, 3.63) is 35.4 Å². The predicted octanol–water partition coefficient (Wildman–Crippen LogP) is 3.09. The molecule has 18 heavy (non-hydrogen) atoms. The highest BCUT2D eigenvalue weighted by molar-refractivity contribution is 5.22. The van der Waals surface area contributed by atoms with Crippen molar-refractivity contribution in [2.45, 2.75) is 38.8 Å². The third kappa shape index (κ3) is 3.50. The highest BCUT2D eigenvalue weighted by Crippen LogP contribution is 2.24. The average Bonchev–Trinajstić information content (AvgIpc) is 2.32. The molecule has 0 bridgehead atoms. The summed E-state index contributed by atoms with van der Waals surface area (Å²) in [6, 6.07) is 3.77. The van der Waals surface area contributed by atoms with E-state index in [1.807, 2.05) is 7.05 Å². The summed E-state index contributed by atoms with van der Waals surface area (Å²) in [6.45, 7) is 4.51. The molecule has 0 heterocycles. The molecule has 0 aromatic heterocycles. The van der Waals surface area contributed by atoms with Crippen LogP contribution in [0.5, 0.6) is 0 Å². The first-order valence-electron chi connectivity index (χ1n) is 6.38. The molecule has 4 heteroatoms. The lowest BCUT2D eigenvalue weighted by atomic mass is 10.0. The molecule has 0 aliphatic carbocycles. The van der Waals surface area contributed by atoms with E-state index in [1.54, 1.807) is 0 Å². The van der Waals surface area contributed by atoms with Gasteiger partial charge in [-0.2, -0.15) is 0 Å². The Morgan fingerprint density at radius 1 is 1.33 bits per heavy atom. The molecule has 102 valence electrons. The van der Waals surface area contributed by atoms with Crippen LogP contribution in [0.2, 0.25) is 0 Å². The summed E-state index contributed by atoms with van der Waals surface area (Å²) in [5.74, 6) is -1.09. The van der Waals surface area contributed by atoms with Crippen LogP contribution in [0, 0.1) is 11.6 Å². The van der Waals surface area contributed by atoms with Gasteiger partial charge in [-0.1, -0.05) is 19.4 Å². The maximum Gasteiger partial charge on any atom is 0.130 e. The van der Waals surface area contributed by atoms with Gasteiger partial charge in [0.15, 0.2) is 0 Å². The Labute approximate surface area is 108 Å². The number of likely N-dealkylation sites (N-methyl/N-ethyl adjacent to an activating group) is 1. The van der Waals surface area contributed by atoms with Gasteiger partial charge in [-0.25, -0.2) is 8.78 Å². The van der Waals surface area contributed by atoms with E-state index in [0.717, 1.165) is 18.9 Å². The fourth-order valence-corrected chi connectivity index (χ4v) is 2.21. The molecule has 2 unspecified atom stereocenters. The van der Waals surface area contributed by atoms with E-state index in [9.17, 15) is 8.78 Å². The zero-order chi connectivity index (χ0) is 13.7. The first-order valence-corrected chi connectivity index (χ1v) is 6.38. The number of nitrogens with zero attached hydrogens (tertiary/aromatic N) is 1. The van der Waals surface area contributed by atoms with Gasteiger partial charge < -0.3 is 5.73 Å². The van der Waals surface area contributed by atoms with Crippen LogP contribution in [0.1, 0.15) is 38.3 Å². The van der Waals surface area contributed by atoms with Crippen LogP contribution in [0.3, 0.4) is 0 Å². The fraction of sp³-hybridized carbons (Fsp3) is 0.571. The molecule has 2 N–H and O–H groups in total. The molecule has 0 spiro atoms. The lowest BCUT2D eigenvalue weighted by Crippen LogP contribution is -2.37. The number of halogens is 2. The van der Waals surface area contributed by atoms with Crippen LogP contribution < -0.4 is 5.73 Å². The van der Waals surface area contributed by atoms with E-state index < -0.39 is 11.6 Å². The lowest BCUT2D eigenvalue weighted by Gasteiger charge is -2.32. The maximum absolute atomic E-state index is 13.8. The lowest BCUT2D eigenvalue weighted by molar-refractivity contribution is 0.176. The molecule has 0 aliphatic rings. The Hall–Kier alpha value is -1.00. The maximum atomic E-state index is 13.8. The standard InChI is InChI=1S/C14H22F2N2/c1-4-5-10(2)18(3)14(9-17)12-7-6-11(15)8-13(12)16/h6-8,10,14H,4-5,9,17H2,1-3H3. The minimum Gasteiger partial charge on any atom is -0.329 e. The summed E-state index contributed by atoms with van der Waals surface area (Å²) < 4.78 is 26.7. The van der Waals surface area contributed by atoms with Gasteiger partial charge in [-0.15, -0.1) is 0 Å². The van der Waals surface area contributed by atoms with Crippen molar-refractivity contribution in [1.29, 1.82) is 0 Å². The molecule has 0 aliphatic heterocycles. The smallest absolute Gasteiger partial charge is 0.130 e. The topological polar surface area (TPSA) is 29.3 Å². The zero-order valence-corrected chi connectivity index (χ0v) is 11.3. The molecule has 0 fully saturated rings. The Balaban J connectivity index is 2.94. The molecule has 0 radical (unpaired) electrons. The van der Waals surface area contributed by atoms with Crippen molar-refractivity contribution >= 4 is 0 Å². The third-order valence-electron chi connectivity index (χ3n) is 3.44. The van der Waals surface area contributed by atoms with Crippen molar-refractivity contribution in [3.8, 4) is 0 Å². The van der Waals surface area contributed by atoms with E-state index in [4.69, 9.17) is 5.73 Å². The number of hydrogen-bond donors (Lipinski definition) is 1. The average molecular weight is 256 g/mol. The molecular formula is C14H22F2N2. The highest BCUT2D eigenvalue weighted by atomic mass is 19.1. The van der Waals surface area contributed by atoms with Crippen LogP contribution in [0.15, 0.2) is 18.2 Å². The number of nitrogens with two attached hydrogens (primary N) is 1. The van der Waals surface area contributed by atoms with Gasteiger partial charge in [0.2, 0.25) is 0 Å². The van der Waals surface area contributed by atoms with Crippen molar-refractivity contribution in [2.24, 2.45) is 5.73 Å². The molecule has 0 amide bonds. The van der Waals surface area contributed by atoms with Gasteiger partial charge in [0.05, 0.1) is 0 Å². The Kier molecular flexibility index (Phi) is 5.69. The molecule has 1 rings (SSSR count). The zero-order valence-electron chi connectivity index (χ0n) is 11.3. The van der Waals surface area contributed by atoms with E-state index in [0.29, 0.717) is 18.2 Å². The van der Waals surface area contributed by atoms with Gasteiger partial charge >= 0.3 is 0 Å². The number of benzene rings is 1. The first kappa shape index (κ1) is 15.1. The fourth-order valence-electron chi connectivity index (χ4n) is 2.21. The highest BCUT2D eigenvalue weighted by Gasteiger charge is 2.22. The quantitative estimate of drug-likeness (QED) is 0.847. The summed E-state index contributed by atoms with van der Waals surface area (Å²) in [7, 11) is 1.93. The third-order valence-corrected chi connectivity index (χ3v) is 3.44. The summed E-state index contributed by atoms with van der Waals surface area (Å²) in [5, 5.41) is 0. The second kappa shape index (κ2) is 6.81. The monoisotopic (exact) mass is 256 g/mol. The van der Waals surface area contributed by atoms with E-state index in [-0.39, 0.29) is 6.04 Å². The van der Waals surface area contributed by atoms with Gasteiger partial charge in [-0.3, -0.25) is 4.90 Å². The predicted molar refractivity (Wildman–Crippen MR) is 70.3 cm³/mol. The summed E-state index contributed by atoms with van der Waals surface area (Å²) in [5.41, 5.74) is 6.21. The van der Waals surface area contributed by atoms with Crippen LogP contribution in [-0.2, 0) is 0 Å². The van der Waals surface area contributed by atoms with Crippen LogP contribution in [-0.4, -0.2) is 24.5 Å². The van der Waals surface area contributed by atoms with Gasteiger partial charge in [0.1, 0.15) is 11.6 Å². The van der Waals surface area contributed by atoms with E-state index >= 15 is 0 Å². The van der Waals surface area contributed by atoms with E-state index in [2.05, 4.69) is 18.7 Å². The second-order valence-electron chi connectivity index (χ2n) is 4.72. The van der Waals surface area contributed by atoms with E-state index in [1.165, 1.54) is 12.1 Å². The summed E-state index contributed by atoms with van der Waals surface area (Å²) in [4.78, 5) is 2.06. The summed E-state index contributed by atoms with van der Waals surface area (Å²) >= 11 is 0. The Morgan fingerprint density at radius 3 is 2.50 bits per heavy atom. The number of hydrogen-bond acceptors (Lipinski definition) is 2. The molecule has 0 saturated heterocycles. The molecule has 1 aromatic rings. The van der Waals surface area contributed by atoms with Gasteiger partial charge in [0.25, 0.3) is 0 Å². The number of rotatable bonds is 6. The minimum atomic E-state index is -0.559. The minimum absolute atomic E-state index is 0.216. The van der Waals surface area contributed by atoms with Crippen molar-refractivity contribution in [2.75, 3.05) is 13.6 Å². The van der Waals surface area contributed by atoms with Crippen molar-refractivity contribution in [3.63, 3.8) is 0 Å². The van der Waals surface area contributed by atoms with Gasteiger partial charge in [-0.05, 0) is 26.5 Å². The van der Waals surface area contributed by atoms with Crippen molar-refractivity contribution < 1.29 is 8.78 Å². The summed E-state index contributed by atoms with van der Waals surface area (Å²) in [6.07, 6.45) is 2.09.